The highest BCUT2D eigenvalue weighted by Crippen LogP contribution is 2.01. The maximum atomic E-state index is 10.5. The van der Waals surface area contributed by atoms with Gasteiger partial charge >= 0.3 is 11.9 Å². The third-order valence-electron chi connectivity index (χ3n) is 5.35. The van der Waals surface area contributed by atoms with E-state index in [9.17, 15) is 9.59 Å². The van der Waals surface area contributed by atoms with Gasteiger partial charge in [0.1, 0.15) is 12.1 Å². The predicted molar refractivity (Wildman–Crippen MR) is 165 cm³/mol. The molecule has 0 saturated carbocycles. The molecule has 0 fully saturated rings. The molecule has 40 heavy (non-hydrogen) atoms. The molecule has 0 amide bonds. The van der Waals surface area contributed by atoms with Crippen LogP contribution in [-0.2, 0) is 22.4 Å². The van der Waals surface area contributed by atoms with Gasteiger partial charge in [-0.05, 0) is 76.6 Å². The lowest BCUT2D eigenvalue weighted by atomic mass is 10.1. The number of aliphatic carboxylic acids is 2. The smallest absolute Gasteiger partial charge is 0.320 e. The zero-order valence-corrected chi connectivity index (χ0v) is 24.3. The molecule has 10 heteroatoms. The summed E-state index contributed by atoms with van der Waals surface area (Å²) in [6, 6.07) is 19.8. The second-order valence-electron chi connectivity index (χ2n) is 9.75. The van der Waals surface area contributed by atoms with Crippen LogP contribution in [0.2, 0.25) is 0 Å². The van der Waals surface area contributed by atoms with Crippen LogP contribution in [0.3, 0.4) is 0 Å². The Balaban J connectivity index is 0. The number of carboxylic acids is 2. The van der Waals surface area contributed by atoms with E-state index < -0.39 is 24.0 Å². The van der Waals surface area contributed by atoms with Crippen molar-refractivity contribution in [2.24, 2.45) is 34.4 Å². The number of carboxylic acid groups (broad SMARTS) is 2. The van der Waals surface area contributed by atoms with Gasteiger partial charge < -0.3 is 44.6 Å². The summed E-state index contributed by atoms with van der Waals surface area (Å²) in [5.41, 5.74) is 35.0. The molecular formula is C30H54N6O4. The monoisotopic (exact) mass is 564 g/mol. The van der Waals surface area contributed by atoms with Gasteiger partial charge in [0.2, 0.25) is 0 Å². The molecule has 0 heterocycles. The maximum Gasteiger partial charge on any atom is 0.320 e. The number of hydrogen-bond donors (Lipinski definition) is 8. The van der Waals surface area contributed by atoms with Gasteiger partial charge in [-0.3, -0.25) is 9.59 Å². The summed E-state index contributed by atoms with van der Waals surface area (Å²) in [4.78, 5) is 21.1. The predicted octanol–water partition coefficient (Wildman–Crippen LogP) is 2.21. The van der Waals surface area contributed by atoms with Gasteiger partial charge in [0.15, 0.2) is 0 Å². The molecule has 0 aliphatic carbocycles. The normalized spacial score (nSPS) is 13.5. The molecular weight excluding hydrogens is 508 g/mol. The molecule has 0 aromatic heterocycles. The first-order valence-corrected chi connectivity index (χ1v) is 13.9. The molecule has 2 aromatic rings. The van der Waals surface area contributed by atoms with Crippen molar-refractivity contribution in [3.63, 3.8) is 0 Å². The van der Waals surface area contributed by atoms with E-state index in [4.69, 9.17) is 37.3 Å². The molecule has 0 aliphatic heterocycles. The Morgan fingerprint density at radius 2 is 0.975 bits per heavy atom. The minimum atomic E-state index is -0.679. The molecule has 14 N–H and O–H groups in total. The van der Waals surface area contributed by atoms with Crippen LogP contribution >= 0.6 is 0 Å². The van der Waals surface area contributed by atoms with Gasteiger partial charge in [0, 0.05) is 12.1 Å². The van der Waals surface area contributed by atoms with Crippen LogP contribution in [-0.4, -0.2) is 59.4 Å². The zero-order valence-electron chi connectivity index (χ0n) is 26.3. The molecule has 228 valence electrons. The van der Waals surface area contributed by atoms with Crippen molar-refractivity contribution >= 4 is 11.9 Å². The van der Waals surface area contributed by atoms with Crippen molar-refractivity contribution in [2.45, 2.75) is 89.4 Å². The van der Waals surface area contributed by atoms with Crippen molar-refractivity contribution in [1.29, 1.82) is 2.86 Å². The molecule has 2 rings (SSSR count). The van der Waals surface area contributed by atoms with Crippen molar-refractivity contribution in [3.05, 3.63) is 71.8 Å². The molecule has 0 radical (unpaired) electrons. The quantitative estimate of drug-likeness (QED) is 0.156. The summed E-state index contributed by atoms with van der Waals surface area (Å²) in [6.45, 7) is 5.24. The zero-order chi connectivity index (χ0) is 32.2. The Hall–Kier alpha value is -2.86. The highest BCUT2D eigenvalue weighted by Gasteiger charge is 2.10. The minimum absolute atomic E-state index is 0.266. The number of unbranched alkanes of at least 4 members (excludes halogenated alkanes) is 2. The Morgan fingerprint density at radius 1 is 0.650 bits per heavy atom. The topological polar surface area (TPSA) is 231 Å². The van der Waals surface area contributed by atoms with E-state index in [1.54, 1.807) is 0 Å². The Bertz CT molecular complexity index is 822. The van der Waals surface area contributed by atoms with Crippen LogP contribution in [0, 0.1) is 0 Å². The van der Waals surface area contributed by atoms with Crippen LogP contribution in [0.25, 0.3) is 2.86 Å². The molecule has 2 unspecified atom stereocenters. The van der Waals surface area contributed by atoms with Crippen LogP contribution in [0.5, 0.6) is 0 Å². The first-order chi connectivity index (χ1) is 20.0. The van der Waals surface area contributed by atoms with Gasteiger partial charge in [0.25, 0.3) is 2.86 Å². The fourth-order valence-corrected chi connectivity index (χ4v) is 3.22. The lowest BCUT2D eigenvalue weighted by Gasteiger charge is -2.03. The summed E-state index contributed by atoms with van der Waals surface area (Å²) in [5.74, 6) is -1.36. The largest absolute Gasteiger partial charge is 0.480 e. The van der Waals surface area contributed by atoms with Crippen LogP contribution in [0.15, 0.2) is 60.7 Å². The first-order valence-electron chi connectivity index (χ1n) is 14.7. The van der Waals surface area contributed by atoms with Crippen LogP contribution in [0.1, 0.15) is 63.5 Å². The number of hydrogen-bond acceptors (Lipinski definition) is 10. The molecule has 0 spiro atoms. The molecule has 0 aliphatic rings. The Kier molecular flexibility index (Phi) is 23.2. The van der Waals surface area contributed by atoms with E-state index >= 15 is 0 Å². The third kappa shape index (κ3) is 26.7. The van der Waals surface area contributed by atoms with Gasteiger partial charge in [-0.15, -0.1) is 0 Å². The van der Waals surface area contributed by atoms with E-state index in [0.717, 1.165) is 38.5 Å². The van der Waals surface area contributed by atoms with Crippen molar-refractivity contribution in [3.8, 4) is 0 Å². The van der Waals surface area contributed by atoms with E-state index in [0.29, 0.717) is 25.9 Å². The standard InChI is InChI=1S/2C9H13N.2C6H14N2O2/c2*1-8(10)7-9-5-3-2-4-6-9;2*7-4-2-1-3-5(8)6(9)10/h2*2-6,8H,7,10H2,1H3;2*5H,1-4,7-8H2,(H,9,10)/t;;2*5-/m..00/s1/i/hD2. The average molecular weight is 565 g/mol. The number of rotatable bonds is 14. The molecule has 0 saturated heterocycles. The summed E-state index contributed by atoms with van der Waals surface area (Å²) in [6.07, 6.45) is 6.31. The number of carbonyl (C=O) groups is 2. The average Bonchev–Trinajstić information content (AvgIpc) is 2.98. The lowest BCUT2D eigenvalue weighted by molar-refractivity contribution is -0.139. The number of nitrogens with two attached hydrogens (primary N) is 6. The molecule has 4 atom stereocenters. The first kappa shape index (κ1) is 35.2. The third-order valence-corrected chi connectivity index (χ3v) is 5.35. The molecule has 10 nitrogen and oxygen atoms in total. The van der Waals surface area contributed by atoms with Crippen molar-refractivity contribution in [2.75, 3.05) is 13.1 Å². The van der Waals surface area contributed by atoms with Gasteiger partial charge in [-0.1, -0.05) is 73.5 Å². The van der Waals surface area contributed by atoms with Crippen molar-refractivity contribution in [1.82, 2.24) is 0 Å². The van der Waals surface area contributed by atoms with Gasteiger partial charge in [0.05, 0.1) is 0 Å². The highest BCUT2D eigenvalue weighted by molar-refractivity contribution is 5.73. The fraction of sp³-hybridized carbons (Fsp3) is 0.533. The van der Waals surface area contributed by atoms with Crippen molar-refractivity contribution < 1.29 is 19.8 Å². The minimum Gasteiger partial charge on any atom is -0.480 e. The summed E-state index contributed by atoms with van der Waals surface area (Å²) in [5, 5.41) is 7.39. The number of benzene rings is 2. The van der Waals surface area contributed by atoms with Gasteiger partial charge in [-0.2, -0.15) is 0 Å². The summed E-state index contributed by atoms with van der Waals surface area (Å²) < 4.78 is 12.5. The second kappa shape index (κ2) is 26.4. The van der Waals surface area contributed by atoms with E-state index in [1.165, 1.54) is 11.1 Å². The van der Waals surface area contributed by atoms with E-state index in [2.05, 4.69) is 34.5 Å². The van der Waals surface area contributed by atoms with Crippen LogP contribution < -0.4 is 34.4 Å². The highest BCUT2D eigenvalue weighted by atomic mass is 16.4. The second-order valence-corrected chi connectivity index (χ2v) is 9.75. The van der Waals surface area contributed by atoms with E-state index in [1.807, 2.05) is 50.2 Å². The molecule has 2 aromatic carbocycles. The Morgan fingerprint density at radius 3 is 1.23 bits per heavy atom. The SMILES string of the molecule is CC(N)Cc1ccccc1.CC(N)Cc1ccccc1.[2H]OC(=O)[C@@H](N)CCCCN.[2H]OC(=O)[C@@H](N)CCCCN. The van der Waals surface area contributed by atoms with Crippen LogP contribution in [0.4, 0.5) is 0 Å². The summed E-state index contributed by atoms with van der Waals surface area (Å²) >= 11 is 0. The molecule has 0 bridgehead atoms. The lowest BCUT2D eigenvalue weighted by Crippen LogP contribution is -2.29. The fourth-order valence-electron chi connectivity index (χ4n) is 3.22. The van der Waals surface area contributed by atoms with Gasteiger partial charge in [-0.25, -0.2) is 0 Å². The summed E-state index contributed by atoms with van der Waals surface area (Å²) in [7, 11) is 0. The maximum absolute atomic E-state index is 10.5. The Labute approximate surface area is 243 Å². The van der Waals surface area contributed by atoms with E-state index in [-0.39, 0.29) is 12.1 Å².